The fraction of sp³-hybridized carbons (Fsp3) is 0.250. The smallest absolute Gasteiger partial charge is 0.256 e. The molecule has 0 atom stereocenters. The normalized spacial score (nSPS) is 10.5. The number of hydrogen-bond acceptors (Lipinski definition) is 3. The number of anilines is 2. The van der Waals surface area contributed by atoms with E-state index in [4.69, 9.17) is 0 Å². The molecule has 0 radical (unpaired) electrons. The standard InChI is InChI=1S/C16H17BrN2O2S/c1-10(2)7-15(20)18-12-3-5-13(6-4-12)19-16(21)11-8-14(17)22-9-11/h3-6,8-10H,7H2,1-2H3,(H,18,20)(H,19,21). The molecule has 0 saturated carbocycles. The molecular formula is C16H17BrN2O2S. The Kier molecular flexibility index (Phi) is 5.74. The van der Waals surface area contributed by atoms with Crippen LogP contribution in [0.25, 0.3) is 0 Å². The van der Waals surface area contributed by atoms with Crippen LogP contribution in [0.3, 0.4) is 0 Å². The molecule has 2 amide bonds. The van der Waals surface area contributed by atoms with Gasteiger partial charge in [0.1, 0.15) is 0 Å². The summed E-state index contributed by atoms with van der Waals surface area (Å²) < 4.78 is 0.917. The third-order valence-corrected chi connectivity index (χ3v) is 4.35. The Morgan fingerprint density at radius 1 is 1.14 bits per heavy atom. The first-order valence-electron chi connectivity index (χ1n) is 6.89. The summed E-state index contributed by atoms with van der Waals surface area (Å²) in [5.74, 6) is 0.164. The number of thiophene rings is 1. The van der Waals surface area contributed by atoms with E-state index in [1.54, 1.807) is 35.7 Å². The van der Waals surface area contributed by atoms with Gasteiger partial charge in [0.2, 0.25) is 5.91 Å². The van der Waals surface area contributed by atoms with Gasteiger partial charge in [-0.2, -0.15) is 0 Å². The van der Waals surface area contributed by atoms with Gasteiger partial charge in [0, 0.05) is 23.2 Å². The first-order chi connectivity index (χ1) is 10.4. The number of amides is 2. The summed E-state index contributed by atoms with van der Waals surface area (Å²) in [5, 5.41) is 7.44. The van der Waals surface area contributed by atoms with Gasteiger partial charge in [-0.3, -0.25) is 9.59 Å². The summed E-state index contributed by atoms with van der Waals surface area (Å²) in [6, 6.07) is 8.86. The second-order valence-electron chi connectivity index (χ2n) is 5.32. The summed E-state index contributed by atoms with van der Waals surface area (Å²) in [5.41, 5.74) is 2.03. The van der Waals surface area contributed by atoms with E-state index in [2.05, 4.69) is 26.6 Å². The molecule has 2 aromatic rings. The molecule has 116 valence electrons. The first-order valence-corrected chi connectivity index (χ1v) is 8.56. The van der Waals surface area contributed by atoms with Gasteiger partial charge in [-0.15, -0.1) is 11.3 Å². The molecule has 0 saturated heterocycles. The van der Waals surface area contributed by atoms with E-state index in [1.807, 2.05) is 13.8 Å². The molecule has 0 fully saturated rings. The van der Waals surface area contributed by atoms with Crippen LogP contribution in [-0.4, -0.2) is 11.8 Å². The molecule has 0 unspecified atom stereocenters. The van der Waals surface area contributed by atoms with Crippen molar-refractivity contribution in [2.45, 2.75) is 20.3 Å². The average molecular weight is 381 g/mol. The van der Waals surface area contributed by atoms with Crippen LogP contribution in [0, 0.1) is 5.92 Å². The molecule has 0 aliphatic rings. The Labute approximate surface area is 142 Å². The highest BCUT2D eigenvalue weighted by Crippen LogP contribution is 2.22. The number of hydrogen-bond donors (Lipinski definition) is 2. The lowest BCUT2D eigenvalue weighted by atomic mass is 10.1. The third-order valence-electron chi connectivity index (χ3n) is 2.85. The Morgan fingerprint density at radius 3 is 2.23 bits per heavy atom. The van der Waals surface area contributed by atoms with Gasteiger partial charge in [-0.1, -0.05) is 13.8 Å². The highest BCUT2D eigenvalue weighted by Gasteiger charge is 2.09. The Hall–Kier alpha value is -1.66. The zero-order valence-corrected chi connectivity index (χ0v) is 14.8. The number of rotatable bonds is 5. The molecular weight excluding hydrogens is 364 g/mol. The van der Waals surface area contributed by atoms with Crippen molar-refractivity contribution in [2.75, 3.05) is 10.6 Å². The number of nitrogens with one attached hydrogen (secondary N) is 2. The first kappa shape index (κ1) is 16.7. The predicted molar refractivity (Wildman–Crippen MR) is 94.5 cm³/mol. The summed E-state index contributed by atoms with van der Waals surface area (Å²) in [6.07, 6.45) is 0.492. The largest absolute Gasteiger partial charge is 0.326 e. The summed E-state index contributed by atoms with van der Waals surface area (Å²) in [6.45, 7) is 4.00. The molecule has 0 aliphatic heterocycles. The minimum Gasteiger partial charge on any atom is -0.326 e. The van der Waals surface area contributed by atoms with Crippen molar-refractivity contribution < 1.29 is 9.59 Å². The van der Waals surface area contributed by atoms with E-state index in [0.717, 1.165) is 9.47 Å². The lowest BCUT2D eigenvalue weighted by molar-refractivity contribution is -0.116. The van der Waals surface area contributed by atoms with Gasteiger partial charge < -0.3 is 10.6 Å². The SMILES string of the molecule is CC(C)CC(=O)Nc1ccc(NC(=O)c2csc(Br)c2)cc1. The maximum absolute atomic E-state index is 12.0. The van der Waals surface area contributed by atoms with Crippen molar-refractivity contribution in [1.29, 1.82) is 0 Å². The number of benzene rings is 1. The van der Waals surface area contributed by atoms with E-state index in [-0.39, 0.29) is 11.8 Å². The van der Waals surface area contributed by atoms with Crippen molar-refractivity contribution in [3.8, 4) is 0 Å². The van der Waals surface area contributed by atoms with Crippen molar-refractivity contribution >= 4 is 50.5 Å². The lowest BCUT2D eigenvalue weighted by Crippen LogP contribution is -2.14. The minimum atomic E-state index is -0.154. The van der Waals surface area contributed by atoms with Crippen LogP contribution in [-0.2, 0) is 4.79 Å². The van der Waals surface area contributed by atoms with Crippen molar-refractivity contribution in [1.82, 2.24) is 0 Å². The van der Waals surface area contributed by atoms with Crippen LogP contribution >= 0.6 is 27.3 Å². The predicted octanol–water partition coefficient (Wildman–Crippen LogP) is 4.75. The van der Waals surface area contributed by atoms with Gasteiger partial charge in [0.05, 0.1) is 9.35 Å². The van der Waals surface area contributed by atoms with Gasteiger partial charge in [-0.05, 0) is 52.2 Å². The molecule has 2 rings (SSSR count). The highest BCUT2D eigenvalue weighted by atomic mass is 79.9. The van der Waals surface area contributed by atoms with Crippen LogP contribution in [0.5, 0.6) is 0 Å². The van der Waals surface area contributed by atoms with Gasteiger partial charge in [0.15, 0.2) is 0 Å². The second kappa shape index (κ2) is 7.56. The molecule has 0 bridgehead atoms. The fourth-order valence-corrected chi connectivity index (χ4v) is 2.99. The average Bonchev–Trinajstić information content (AvgIpc) is 2.87. The highest BCUT2D eigenvalue weighted by molar-refractivity contribution is 9.11. The quantitative estimate of drug-likeness (QED) is 0.786. The van der Waals surface area contributed by atoms with Crippen LogP contribution in [0.15, 0.2) is 39.5 Å². The van der Waals surface area contributed by atoms with Crippen LogP contribution in [0.2, 0.25) is 0 Å². The van der Waals surface area contributed by atoms with Crippen LogP contribution < -0.4 is 10.6 Å². The van der Waals surface area contributed by atoms with E-state index in [1.165, 1.54) is 11.3 Å². The topological polar surface area (TPSA) is 58.2 Å². The maximum atomic E-state index is 12.0. The molecule has 0 spiro atoms. The summed E-state index contributed by atoms with van der Waals surface area (Å²) >= 11 is 4.80. The second-order valence-corrected chi connectivity index (χ2v) is 7.61. The number of halogens is 1. The molecule has 0 aliphatic carbocycles. The van der Waals surface area contributed by atoms with Gasteiger partial charge in [-0.25, -0.2) is 0 Å². The van der Waals surface area contributed by atoms with E-state index in [0.29, 0.717) is 23.6 Å². The Bertz CT molecular complexity index is 665. The zero-order valence-electron chi connectivity index (χ0n) is 12.4. The van der Waals surface area contributed by atoms with E-state index in [9.17, 15) is 9.59 Å². The monoisotopic (exact) mass is 380 g/mol. The van der Waals surface area contributed by atoms with E-state index >= 15 is 0 Å². The van der Waals surface area contributed by atoms with Gasteiger partial charge >= 0.3 is 0 Å². The maximum Gasteiger partial charge on any atom is 0.256 e. The molecule has 6 heteroatoms. The molecule has 22 heavy (non-hydrogen) atoms. The number of carbonyl (C=O) groups is 2. The van der Waals surface area contributed by atoms with Crippen LogP contribution in [0.1, 0.15) is 30.6 Å². The minimum absolute atomic E-state index is 0.00471. The number of carbonyl (C=O) groups excluding carboxylic acids is 2. The molecule has 1 aromatic carbocycles. The fourth-order valence-electron chi connectivity index (χ4n) is 1.85. The summed E-state index contributed by atoms with van der Waals surface area (Å²) in [7, 11) is 0. The molecule has 4 nitrogen and oxygen atoms in total. The molecule has 2 N–H and O–H groups in total. The van der Waals surface area contributed by atoms with Crippen LogP contribution in [0.4, 0.5) is 11.4 Å². The summed E-state index contributed by atoms with van der Waals surface area (Å²) in [4.78, 5) is 23.7. The van der Waals surface area contributed by atoms with Crippen molar-refractivity contribution in [2.24, 2.45) is 5.92 Å². The van der Waals surface area contributed by atoms with E-state index < -0.39 is 0 Å². The Balaban J connectivity index is 1.94. The molecule has 1 aromatic heterocycles. The van der Waals surface area contributed by atoms with Crippen molar-refractivity contribution in [3.05, 3.63) is 45.1 Å². The molecule has 1 heterocycles. The Morgan fingerprint density at radius 2 is 1.73 bits per heavy atom. The van der Waals surface area contributed by atoms with Crippen molar-refractivity contribution in [3.63, 3.8) is 0 Å². The lowest BCUT2D eigenvalue weighted by Gasteiger charge is -2.08. The zero-order chi connectivity index (χ0) is 16.1. The third kappa shape index (κ3) is 4.96. The van der Waals surface area contributed by atoms with Gasteiger partial charge in [0.25, 0.3) is 5.91 Å².